The van der Waals surface area contributed by atoms with Crippen molar-refractivity contribution < 1.29 is 14.7 Å². The van der Waals surface area contributed by atoms with Crippen molar-refractivity contribution in [2.24, 2.45) is 0 Å². The van der Waals surface area contributed by atoms with E-state index in [0.29, 0.717) is 18.4 Å². The number of aliphatic hydroxyl groups is 1. The van der Waals surface area contributed by atoms with Crippen molar-refractivity contribution in [2.75, 3.05) is 0 Å². The molecule has 116 valence electrons. The SMILES string of the molecule is O=C1C(=O)c2ccccc2C(O)=C1CCCc1ccc(Br)cc1. The van der Waals surface area contributed by atoms with Crippen LogP contribution in [0.25, 0.3) is 5.76 Å². The molecule has 4 heteroatoms. The Bertz CT molecular complexity index is 804. The van der Waals surface area contributed by atoms with Crippen LogP contribution in [0.15, 0.2) is 58.6 Å². The zero-order valence-corrected chi connectivity index (χ0v) is 14.0. The van der Waals surface area contributed by atoms with Crippen molar-refractivity contribution >= 4 is 33.3 Å². The molecule has 0 aliphatic heterocycles. The summed E-state index contributed by atoms with van der Waals surface area (Å²) in [7, 11) is 0. The number of hydrogen-bond acceptors (Lipinski definition) is 3. The van der Waals surface area contributed by atoms with Gasteiger partial charge in [0.2, 0.25) is 11.6 Å². The van der Waals surface area contributed by atoms with Gasteiger partial charge in [-0.05, 0) is 37.0 Å². The van der Waals surface area contributed by atoms with Crippen LogP contribution in [0.2, 0.25) is 0 Å². The van der Waals surface area contributed by atoms with E-state index in [1.165, 1.54) is 0 Å². The first-order chi connectivity index (χ1) is 11.1. The summed E-state index contributed by atoms with van der Waals surface area (Å²) in [5.41, 5.74) is 2.12. The highest BCUT2D eigenvalue weighted by Crippen LogP contribution is 2.30. The van der Waals surface area contributed by atoms with Gasteiger partial charge in [0, 0.05) is 21.2 Å². The third-order valence-corrected chi connectivity index (χ3v) is 4.53. The molecule has 0 aromatic heterocycles. The molecule has 0 bridgehead atoms. The highest BCUT2D eigenvalue weighted by Gasteiger charge is 2.31. The van der Waals surface area contributed by atoms with Crippen molar-refractivity contribution in [3.8, 4) is 0 Å². The Balaban J connectivity index is 1.78. The first-order valence-corrected chi connectivity index (χ1v) is 8.22. The molecule has 1 aliphatic carbocycles. The molecule has 2 aromatic rings. The number of halogens is 1. The van der Waals surface area contributed by atoms with E-state index >= 15 is 0 Å². The normalized spacial score (nSPS) is 14.1. The third kappa shape index (κ3) is 3.13. The minimum atomic E-state index is -0.586. The van der Waals surface area contributed by atoms with Crippen LogP contribution < -0.4 is 0 Å². The van der Waals surface area contributed by atoms with Crippen LogP contribution in [0.1, 0.15) is 34.3 Å². The van der Waals surface area contributed by atoms with E-state index in [-0.39, 0.29) is 16.9 Å². The number of fused-ring (bicyclic) bond motifs is 1. The van der Waals surface area contributed by atoms with E-state index in [2.05, 4.69) is 15.9 Å². The fourth-order valence-electron chi connectivity index (χ4n) is 2.77. The van der Waals surface area contributed by atoms with Gasteiger partial charge >= 0.3 is 0 Å². The highest BCUT2D eigenvalue weighted by atomic mass is 79.9. The van der Waals surface area contributed by atoms with Crippen LogP contribution >= 0.6 is 15.9 Å². The molecule has 0 atom stereocenters. The number of rotatable bonds is 4. The molecule has 0 saturated heterocycles. The van der Waals surface area contributed by atoms with Crippen molar-refractivity contribution in [3.63, 3.8) is 0 Å². The maximum Gasteiger partial charge on any atom is 0.234 e. The lowest BCUT2D eigenvalue weighted by molar-refractivity contribution is -0.112. The van der Waals surface area contributed by atoms with Crippen LogP contribution in [0.4, 0.5) is 0 Å². The predicted molar refractivity (Wildman–Crippen MR) is 92.4 cm³/mol. The highest BCUT2D eigenvalue weighted by molar-refractivity contribution is 9.10. The van der Waals surface area contributed by atoms with Crippen LogP contribution in [0.5, 0.6) is 0 Å². The molecular formula is C19H15BrO3. The van der Waals surface area contributed by atoms with E-state index in [4.69, 9.17) is 0 Å². The van der Waals surface area contributed by atoms with Crippen molar-refractivity contribution in [3.05, 3.63) is 75.3 Å². The van der Waals surface area contributed by atoms with Gasteiger partial charge in [-0.15, -0.1) is 0 Å². The van der Waals surface area contributed by atoms with Gasteiger partial charge in [0.15, 0.2) is 0 Å². The number of allylic oxidation sites excluding steroid dienone is 1. The second-order valence-electron chi connectivity index (χ2n) is 5.51. The molecule has 23 heavy (non-hydrogen) atoms. The molecule has 0 radical (unpaired) electrons. The minimum Gasteiger partial charge on any atom is -0.507 e. The summed E-state index contributed by atoms with van der Waals surface area (Å²) >= 11 is 3.39. The van der Waals surface area contributed by atoms with Crippen molar-refractivity contribution in [2.45, 2.75) is 19.3 Å². The van der Waals surface area contributed by atoms with E-state index in [9.17, 15) is 14.7 Å². The number of carbonyl (C=O) groups is 2. The van der Waals surface area contributed by atoms with Gasteiger partial charge < -0.3 is 5.11 Å². The van der Waals surface area contributed by atoms with Gasteiger partial charge in [-0.1, -0.05) is 52.3 Å². The van der Waals surface area contributed by atoms with Crippen LogP contribution in [0, 0.1) is 0 Å². The maximum atomic E-state index is 12.2. The second kappa shape index (κ2) is 6.50. The molecule has 2 aromatic carbocycles. The zero-order chi connectivity index (χ0) is 16.4. The van der Waals surface area contributed by atoms with E-state index in [1.807, 2.05) is 24.3 Å². The largest absolute Gasteiger partial charge is 0.507 e. The van der Waals surface area contributed by atoms with E-state index in [1.54, 1.807) is 24.3 Å². The van der Waals surface area contributed by atoms with Gasteiger partial charge in [0.1, 0.15) is 5.76 Å². The summed E-state index contributed by atoms with van der Waals surface area (Å²) in [6.45, 7) is 0. The molecule has 0 saturated carbocycles. The van der Waals surface area contributed by atoms with Gasteiger partial charge in [-0.2, -0.15) is 0 Å². The number of ketones is 2. The minimum absolute atomic E-state index is 0.0546. The number of aliphatic hydroxyl groups excluding tert-OH is 1. The average molecular weight is 371 g/mol. The number of aryl methyl sites for hydroxylation is 1. The van der Waals surface area contributed by atoms with Gasteiger partial charge in [-0.25, -0.2) is 0 Å². The summed E-state index contributed by atoms with van der Waals surface area (Å²) in [6.07, 6.45) is 1.87. The van der Waals surface area contributed by atoms with Gasteiger partial charge in [-0.3, -0.25) is 9.59 Å². The zero-order valence-electron chi connectivity index (χ0n) is 12.4. The summed E-state index contributed by atoms with van der Waals surface area (Å²) in [5.74, 6) is -1.17. The summed E-state index contributed by atoms with van der Waals surface area (Å²) in [5, 5.41) is 10.3. The number of benzene rings is 2. The molecule has 3 nitrogen and oxygen atoms in total. The summed E-state index contributed by atoms with van der Waals surface area (Å²) in [4.78, 5) is 24.4. The quantitative estimate of drug-likeness (QED) is 0.805. The lowest BCUT2D eigenvalue weighted by Gasteiger charge is -2.17. The van der Waals surface area contributed by atoms with E-state index in [0.717, 1.165) is 16.5 Å². The maximum absolute atomic E-state index is 12.2. The smallest absolute Gasteiger partial charge is 0.234 e. The first-order valence-electron chi connectivity index (χ1n) is 7.43. The van der Waals surface area contributed by atoms with Crippen LogP contribution in [-0.2, 0) is 11.2 Å². The fourth-order valence-corrected chi connectivity index (χ4v) is 3.03. The molecule has 0 unspecified atom stereocenters. The molecule has 0 fully saturated rings. The van der Waals surface area contributed by atoms with Crippen molar-refractivity contribution in [1.82, 2.24) is 0 Å². The molecule has 1 N–H and O–H groups in total. The van der Waals surface area contributed by atoms with Crippen LogP contribution in [0.3, 0.4) is 0 Å². The van der Waals surface area contributed by atoms with E-state index < -0.39 is 11.6 Å². The summed E-state index contributed by atoms with van der Waals surface area (Å²) < 4.78 is 1.02. The molecule has 1 aliphatic rings. The lowest BCUT2D eigenvalue weighted by atomic mass is 9.86. The Morgan fingerprint density at radius 3 is 2.17 bits per heavy atom. The molecular weight excluding hydrogens is 356 g/mol. The summed E-state index contributed by atoms with van der Waals surface area (Å²) in [6, 6.07) is 14.7. The predicted octanol–water partition coefficient (Wildman–Crippen LogP) is 4.51. The monoisotopic (exact) mass is 370 g/mol. The van der Waals surface area contributed by atoms with Crippen LogP contribution in [-0.4, -0.2) is 16.7 Å². The third-order valence-electron chi connectivity index (χ3n) is 4.00. The van der Waals surface area contributed by atoms with Crippen molar-refractivity contribution in [1.29, 1.82) is 0 Å². The molecule has 0 spiro atoms. The standard InChI is InChI=1S/C19H15BrO3/c20-13-10-8-12(9-11-13)4-3-7-16-17(21)14-5-1-2-6-15(14)18(22)19(16)23/h1-2,5-6,8-11,21H,3-4,7H2. The first kappa shape index (κ1) is 15.7. The number of Topliss-reactive ketones (excluding diaryl/α,β-unsaturated/α-hetero) is 2. The van der Waals surface area contributed by atoms with Gasteiger partial charge in [0.25, 0.3) is 0 Å². The Kier molecular flexibility index (Phi) is 4.44. The molecule has 3 rings (SSSR count). The topological polar surface area (TPSA) is 54.4 Å². The molecule has 0 heterocycles. The molecule has 0 amide bonds. The fraction of sp³-hybridized carbons (Fsp3) is 0.158. The average Bonchev–Trinajstić information content (AvgIpc) is 2.57. The Morgan fingerprint density at radius 2 is 1.48 bits per heavy atom. The Labute approximate surface area is 142 Å². The Morgan fingerprint density at radius 1 is 0.826 bits per heavy atom. The number of hydrogen-bond donors (Lipinski definition) is 1. The van der Waals surface area contributed by atoms with Gasteiger partial charge in [0.05, 0.1) is 0 Å². The Hall–Kier alpha value is -2.20. The second-order valence-corrected chi connectivity index (χ2v) is 6.43. The lowest BCUT2D eigenvalue weighted by Crippen LogP contribution is -2.24. The number of carbonyl (C=O) groups excluding carboxylic acids is 2.